The second-order valence-electron chi connectivity index (χ2n) is 17.8. The van der Waals surface area contributed by atoms with Gasteiger partial charge in [-0.05, 0) is 19.3 Å². The van der Waals surface area contributed by atoms with Gasteiger partial charge < -0.3 is 35.2 Å². The standard InChI is InChI=1S/C48H93NO11S/c1-3-5-7-9-11-13-15-17-19-21-22-23-25-27-29-31-33-35-37-42(51)41(40-58-48-46(54)47(60-61(55,56)57)45(53)43(39-50)59-48)49-44(52)38-36-34-32-30-28-26-24-20-18-16-14-12-10-8-6-4-2/h35,37,41-43,45-48,50-51,53-54H,3-34,36,38-40H2,1-2H3,(H,49,52)(H,55,56,57)/b37-35+. The maximum absolute atomic E-state index is 13.1. The highest BCUT2D eigenvalue weighted by molar-refractivity contribution is 7.80. The second kappa shape index (κ2) is 39.2. The van der Waals surface area contributed by atoms with Crippen molar-refractivity contribution >= 4 is 16.3 Å². The summed E-state index contributed by atoms with van der Waals surface area (Å²) in [6.45, 7) is 3.41. The zero-order valence-electron chi connectivity index (χ0n) is 38.7. The first-order chi connectivity index (χ1) is 29.5. The van der Waals surface area contributed by atoms with Crippen molar-refractivity contribution in [3.8, 4) is 0 Å². The fourth-order valence-electron chi connectivity index (χ4n) is 8.16. The first-order valence-corrected chi connectivity index (χ1v) is 26.4. The molecule has 1 rings (SSSR count). The van der Waals surface area contributed by atoms with Crippen LogP contribution >= 0.6 is 0 Å². The van der Waals surface area contributed by atoms with E-state index < -0.39 is 59.9 Å². The van der Waals surface area contributed by atoms with E-state index >= 15 is 0 Å². The zero-order valence-corrected chi connectivity index (χ0v) is 39.6. The van der Waals surface area contributed by atoms with Gasteiger partial charge in [0.2, 0.25) is 5.91 Å². The maximum Gasteiger partial charge on any atom is 0.397 e. The molecule has 0 saturated carbocycles. The molecule has 362 valence electrons. The van der Waals surface area contributed by atoms with Gasteiger partial charge in [-0.2, -0.15) is 8.42 Å². The third-order valence-corrected chi connectivity index (χ3v) is 12.5. The van der Waals surface area contributed by atoms with Crippen LogP contribution in [0.5, 0.6) is 0 Å². The van der Waals surface area contributed by atoms with Gasteiger partial charge in [0.05, 0.1) is 25.4 Å². The Balaban J connectivity index is 2.47. The van der Waals surface area contributed by atoms with Crippen molar-refractivity contribution < 1.29 is 51.8 Å². The summed E-state index contributed by atoms with van der Waals surface area (Å²) in [5.74, 6) is -0.259. The van der Waals surface area contributed by atoms with Crippen LogP contribution in [0.25, 0.3) is 0 Å². The Morgan fingerprint density at radius 2 is 1.03 bits per heavy atom. The van der Waals surface area contributed by atoms with Crippen LogP contribution in [-0.4, -0.2) is 95.4 Å². The largest absolute Gasteiger partial charge is 0.397 e. The van der Waals surface area contributed by atoms with E-state index in [1.54, 1.807) is 6.08 Å². The average Bonchev–Trinajstić information content (AvgIpc) is 3.23. The maximum atomic E-state index is 13.1. The van der Waals surface area contributed by atoms with Gasteiger partial charge in [0.15, 0.2) is 6.29 Å². The number of rotatable bonds is 43. The quantitative estimate of drug-likeness (QED) is 0.0194. The van der Waals surface area contributed by atoms with Crippen molar-refractivity contribution in [2.45, 2.75) is 275 Å². The summed E-state index contributed by atoms with van der Waals surface area (Å²) in [6.07, 6.45) is 35.3. The molecule has 13 heteroatoms. The molecule has 0 aromatic rings. The van der Waals surface area contributed by atoms with Crippen molar-refractivity contribution in [1.82, 2.24) is 5.32 Å². The van der Waals surface area contributed by atoms with Crippen molar-refractivity contribution in [3.63, 3.8) is 0 Å². The first-order valence-electron chi connectivity index (χ1n) is 25.1. The third kappa shape index (κ3) is 32.2. The number of hydrogen-bond donors (Lipinski definition) is 6. The molecule has 1 fully saturated rings. The minimum absolute atomic E-state index is 0.259. The van der Waals surface area contributed by atoms with Gasteiger partial charge >= 0.3 is 10.4 Å². The summed E-state index contributed by atoms with van der Waals surface area (Å²) in [5, 5.41) is 44.8. The van der Waals surface area contributed by atoms with Crippen molar-refractivity contribution in [3.05, 3.63) is 12.2 Å². The highest BCUT2D eigenvalue weighted by Crippen LogP contribution is 2.26. The van der Waals surface area contributed by atoms with E-state index in [0.717, 1.165) is 38.5 Å². The molecule has 12 nitrogen and oxygen atoms in total. The fraction of sp³-hybridized carbons (Fsp3) is 0.938. The number of aliphatic hydroxyl groups is 4. The summed E-state index contributed by atoms with van der Waals surface area (Å²) in [4.78, 5) is 13.1. The van der Waals surface area contributed by atoms with Crippen LogP contribution in [0, 0.1) is 0 Å². The number of unbranched alkanes of at least 4 members (excludes halogenated alkanes) is 31. The van der Waals surface area contributed by atoms with Crippen LogP contribution in [-0.2, 0) is 28.9 Å². The third-order valence-electron chi connectivity index (χ3n) is 12.1. The van der Waals surface area contributed by atoms with Crippen LogP contribution in [0.15, 0.2) is 12.2 Å². The average molecular weight is 892 g/mol. The molecule has 6 N–H and O–H groups in total. The molecule has 0 aromatic carbocycles. The predicted octanol–water partition coefficient (Wildman–Crippen LogP) is 10.3. The van der Waals surface area contributed by atoms with E-state index in [0.29, 0.717) is 6.42 Å². The van der Waals surface area contributed by atoms with Gasteiger partial charge in [-0.3, -0.25) is 9.35 Å². The van der Waals surface area contributed by atoms with E-state index in [9.17, 15) is 38.2 Å². The SMILES string of the molecule is CCCCCCCCCCCCCCCCCC/C=C/C(O)C(COC1OC(CO)C(O)C(OS(=O)(=O)O)C1O)NC(=O)CCCCCCCCCCCCCCCCCC. The van der Waals surface area contributed by atoms with Crippen LogP contribution in [0.4, 0.5) is 0 Å². The lowest BCUT2D eigenvalue weighted by Crippen LogP contribution is -2.61. The Labute approximate surface area is 372 Å². The van der Waals surface area contributed by atoms with Gasteiger partial charge in [-0.25, -0.2) is 4.18 Å². The Hall–Kier alpha value is -1.16. The lowest BCUT2D eigenvalue weighted by Gasteiger charge is -2.41. The van der Waals surface area contributed by atoms with Crippen molar-refractivity contribution in [2.24, 2.45) is 0 Å². The van der Waals surface area contributed by atoms with Crippen LogP contribution in [0.3, 0.4) is 0 Å². The molecular weight excluding hydrogens is 799 g/mol. The molecule has 0 spiro atoms. The van der Waals surface area contributed by atoms with E-state index in [2.05, 4.69) is 23.3 Å². The number of ether oxygens (including phenoxy) is 2. The number of carbonyl (C=O) groups is 1. The molecule has 1 aliphatic heterocycles. The van der Waals surface area contributed by atoms with Gasteiger partial charge in [-0.1, -0.05) is 219 Å². The molecule has 7 atom stereocenters. The molecule has 1 saturated heterocycles. The van der Waals surface area contributed by atoms with Gasteiger partial charge in [0, 0.05) is 6.42 Å². The summed E-state index contributed by atoms with van der Waals surface area (Å²) in [6, 6.07) is -0.938. The topological polar surface area (TPSA) is 192 Å². The molecule has 7 unspecified atom stereocenters. The molecular formula is C48H93NO11S. The Morgan fingerprint density at radius 1 is 0.639 bits per heavy atom. The normalized spacial score (nSPS) is 20.7. The van der Waals surface area contributed by atoms with Gasteiger partial charge in [-0.15, -0.1) is 0 Å². The number of amides is 1. The second-order valence-corrected chi connectivity index (χ2v) is 18.8. The smallest absolute Gasteiger partial charge is 0.394 e. The highest BCUT2D eigenvalue weighted by atomic mass is 32.3. The minimum atomic E-state index is -5.08. The number of allylic oxidation sites excluding steroid dienone is 1. The fourth-order valence-corrected chi connectivity index (χ4v) is 8.67. The monoisotopic (exact) mass is 892 g/mol. The van der Waals surface area contributed by atoms with Gasteiger partial charge in [0.25, 0.3) is 0 Å². The van der Waals surface area contributed by atoms with Crippen molar-refractivity contribution in [2.75, 3.05) is 13.2 Å². The van der Waals surface area contributed by atoms with E-state index in [4.69, 9.17) is 9.47 Å². The van der Waals surface area contributed by atoms with Crippen LogP contribution < -0.4 is 5.32 Å². The van der Waals surface area contributed by atoms with E-state index in [1.165, 1.54) is 167 Å². The number of aliphatic hydroxyl groups excluding tert-OH is 4. The Kier molecular flexibility index (Phi) is 37.2. The lowest BCUT2D eigenvalue weighted by molar-refractivity contribution is -0.298. The number of hydrogen-bond acceptors (Lipinski definition) is 10. The molecule has 1 aliphatic rings. The Bertz CT molecular complexity index is 1140. The molecule has 0 aliphatic carbocycles. The number of carbonyl (C=O) groups excluding carboxylic acids is 1. The summed E-state index contributed by atoms with van der Waals surface area (Å²) in [7, 11) is -5.08. The zero-order chi connectivity index (χ0) is 44.8. The number of nitrogens with one attached hydrogen (secondary N) is 1. The molecule has 0 radical (unpaired) electrons. The Morgan fingerprint density at radius 3 is 1.43 bits per heavy atom. The summed E-state index contributed by atoms with van der Waals surface area (Å²) in [5.41, 5.74) is 0. The van der Waals surface area contributed by atoms with Gasteiger partial charge in [0.1, 0.15) is 24.4 Å². The lowest BCUT2D eigenvalue weighted by atomic mass is 9.99. The summed E-state index contributed by atoms with van der Waals surface area (Å²) < 4.78 is 47.7. The summed E-state index contributed by atoms with van der Waals surface area (Å²) >= 11 is 0. The molecule has 1 heterocycles. The predicted molar refractivity (Wildman–Crippen MR) is 246 cm³/mol. The van der Waals surface area contributed by atoms with Crippen molar-refractivity contribution in [1.29, 1.82) is 0 Å². The van der Waals surface area contributed by atoms with Crippen LogP contribution in [0.1, 0.15) is 232 Å². The molecule has 0 aromatic heterocycles. The van der Waals surface area contributed by atoms with E-state index in [1.807, 2.05) is 6.08 Å². The van der Waals surface area contributed by atoms with Crippen LogP contribution in [0.2, 0.25) is 0 Å². The molecule has 1 amide bonds. The minimum Gasteiger partial charge on any atom is -0.394 e. The first kappa shape index (κ1) is 57.9. The highest BCUT2D eigenvalue weighted by Gasteiger charge is 2.48. The molecule has 61 heavy (non-hydrogen) atoms. The van der Waals surface area contributed by atoms with E-state index in [-0.39, 0.29) is 18.9 Å². The molecule has 0 bridgehead atoms.